The number of carbonyl (C=O) groups is 2. The molecule has 0 aliphatic heterocycles. The molecule has 0 heterocycles. The van der Waals surface area contributed by atoms with Crippen LogP contribution < -0.4 is 15.4 Å². The van der Waals surface area contributed by atoms with Crippen molar-refractivity contribution < 1.29 is 14.3 Å². The van der Waals surface area contributed by atoms with Gasteiger partial charge in [0.2, 0.25) is 11.8 Å². The van der Waals surface area contributed by atoms with Gasteiger partial charge in [-0.05, 0) is 31.2 Å². The van der Waals surface area contributed by atoms with Crippen molar-refractivity contribution in [1.29, 1.82) is 0 Å². The van der Waals surface area contributed by atoms with Crippen LogP contribution in [0.5, 0.6) is 5.75 Å². The summed E-state index contributed by atoms with van der Waals surface area (Å²) < 4.78 is 5.23. The maximum absolute atomic E-state index is 12.2. The molecule has 0 aromatic heterocycles. The number of methoxy groups -OCH3 is 1. The zero-order valence-corrected chi connectivity index (χ0v) is 14.7. The maximum atomic E-state index is 12.2. The molecule has 0 saturated carbocycles. The first-order valence-electron chi connectivity index (χ1n) is 7.97. The summed E-state index contributed by atoms with van der Waals surface area (Å²) in [6.45, 7) is 2.04. The van der Waals surface area contributed by atoms with Gasteiger partial charge in [-0.2, -0.15) is 0 Å². The number of hydrogen-bond acceptors (Lipinski definition) is 4. The third-order valence-electron chi connectivity index (χ3n) is 3.68. The highest BCUT2D eigenvalue weighted by Gasteiger charge is 2.13. The second-order valence-corrected chi connectivity index (χ2v) is 5.72. The fourth-order valence-corrected chi connectivity index (χ4v) is 2.24. The largest absolute Gasteiger partial charge is 0.495 e. The number of aryl methyl sites for hydroxylation is 1. The lowest BCUT2D eigenvalue weighted by molar-refractivity contribution is -0.131. The lowest BCUT2D eigenvalue weighted by Crippen LogP contribution is -2.38. The number of rotatable bonds is 7. The Balaban J connectivity index is 1.83. The van der Waals surface area contributed by atoms with Crippen molar-refractivity contribution in [2.24, 2.45) is 0 Å². The smallest absolute Gasteiger partial charge is 0.243 e. The molecule has 132 valence electrons. The summed E-state index contributed by atoms with van der Waals surface area (Å²) in [5.41, 5.74) is 2.56. The number of benzene rings is 2. The predicted octanol–water partition coefficient (Wildman–Crippen LogP) is 2.51. The number of nitrogens with one attached hydrogen (secondary N) is 2. The summed E-state index contributed by atoms with van der Waals surface area (Å²) in [6.07, 6.45) is 0. The van der Waals surface area contributed by atoms with E-state index in [9.17, 15) is 9.59 Å². The number of ether oxygens (including phenoxy) is 1. The van der Waals surface area contributed by atoms with Gasteiger partial charge >= 0.3 is 0 Å². The zero-order chi connectivity index (χ0) is 18.2. The summed E-state index contributed by atoms with van der Waals surface area (Å²) in [5, 5.41) is 5.80. The Morgan fingerprint density at radius 3 is 2.44 bits per heavy atom. The molecule has 0 fully saturated rings. The van der Waals surface area contributed by atoms with E-state index >= 15 is 0 Å². The SMILES string of the molecule is COc1ccccc1NCC(=O)N(C)CC(=O)Nc1ccc(C)cc1. The van der Waals surface area contributed by atoms with Crippen LogP contribution in [0.25, 0.3) is 0 Å². The van der Waals surface area contributed by atoms with Crippen molar-refractivity contribution >= 4 is 23.2 Å². The van der Waals surface area contributed by atoms with Crippen molar-refractivity contribution in [2.75, 3.05) is 37.9 Å². The molecule has 0 atom stereocenters. The molecule has 2 rings (SSSR count). The van der Waals surface area contributed by atoms with E-state index in [-0.39, 0.29) is 24.9 Å². The lowest BCUT2D eigenvalue weighted by atomic mass is 10.2. The van der Waals surface area contributed by atoms with Crippen LogP contribution in [0.3, 0.4) is 0 Å². The highest BCUT2D eigenvalue weighted by Crippen LogP contribution is 2.22. The number of para-hydroxylation sites is 2. The Morgan fingerprint density at radius 2 is 1.76 bits per heavy atom. The molecule has 6 heteroatoms. The van der Waals surface area contributed by atoms with Crippen LogP contribution in [0.15, 0.2) is 48.5 Å². The number of nitrogens with zero attached hydrogens (tertiary/aromatic N) is 1. The van der Waals surface area contributed by atoms with Gasteiger partial charge in [0.25, 0.3) is 0 Å². The summed E-state index contributed by atoms with van der Waals surface area (Å²) >= 11 is 0. The van der Waals surface area contributed by atoms with Gasteiger partial charge in [0.05, 0.1) is 25.9 Å². The molecule has 2 amide bonds. The van der Waals surface area contributed by atoms with Crippen LogP contribution in [-0.4, -0.2) is 44.0 Å². The Morgan fingerprint density at radius 1 is 1.08 bits per heavy atom. The molecule has 0 unspecified atom stereocenters. The molecule has 0 spiro atoms. The Labute approximate surface area is 147 Å². The van der Waals surface area contributed by atoms with Gasteiger partial charge in [-0.15, -0.1) is 0 Å². The van der Waals surface area contributed by atoms with E-state index in [0.29, 0.717) is 11.4 Å². The van der Waals surface area contributed by atoms with E-state index in [1.807, 2.05) is 55.5 Å². The number of hydrogen-bond donors (Lipinski definition) is 2. The van der Waals surface area contributed by atoms with Crippen LogP contribution in [0.2, 0.25) is 0 Å². The third-order valence-corrected chi connectivity index (χ3v) is 3.68. The second-order valence-electron chi connectivity index (χ2n) is 5.72. The topological polar surface area (TPSA) is 70.7 Å². The minimum absolute atomic E-state index is 0.0136. The van der Waals surface area contributed by atoms with Gasteiger partial charge in [-0.3, -0.25) is 9.59 Å². The number of likely N-dealkylation sites (N-methyl/N-ethyl adjacent to an activating group) is 1. The second kappa shape index (κ2) is 8.73. The first kappa shape index (κ1) is 18.3. The summed E-state index contributed by atoms with van der Waals surface area (Å²) in [6, 6.07) is 14.9. The molecule has 6 nitrogen and oxygen atoms in total. The fraction of sp³-hybridized carbons (Fsp3) is 0.263. The van der Waals surface area contributed by atoms with Crippen molar-refractivity contribution in [3.8, 4) is 5.75 Å². The predicted molar refractivity (Wildman–Crippen MR) is 98.9 cm³/mol. The maximum Gasteiger partial charge on any atom is 0.243 e. The average molecular weight is 341 g/mol. The van der Waals surface area contributed by atoms with E-state index < -0.39 is 0 Å². The third kappa shape index (κ3) is 5.53. The molecular weight excluding hydrogens is 318 g/mol. The highest BCUT2D eigenvalue weighted by atomic mass is 16.5. The van der Waals surface area contributed by atoms with E-state index in [4.69, 9.17) is 4.74 Å². The lowest BCUT2D eigenvalue weighted by Gasteiger charge is -2.18. The normalized spacial score (nSPS) is 10.0. The summed E-state index contributed by atoms with van der Waals surface area (Å²) in [7, 11) is 3.17. The van der Waals surface area contributed by atoms with E-state index in [0.717, 1.165) is 11.3 Å². The molecule has 0 radical (unpaired) electrons. The Kier molecular flexibility index (Phi) is 6.39. The van der Waals surface area contributed by atoms with Crippen LogP contribution in [0.1, 0.15) is 5.56 Å². The van der Waals surface area contributed by atoms with Crippen LogP contribution in [-0.2, 0) is 9.59 Å². The molecule has 0 aliphatic carbocycles. The number of carbonyl (C=O) groups excluding carboxylic acids is 2. The molecule has 0 bridgehead atoms. The van der Waals surface area contributed by atoms with Crippen molar-refractivity contribution in [3.05, 3.63) is 54.1 Å². The van der Waals surface area contributed by atoms with Gasteiger partial charge < -0.3 is 20.3 Å². The van der Waals surface area contributed by atoms with Crippen LogP contribution in [0.4, 0.5) is 11.4 Å². The Hall–Kier alpha value is -3.02. The van der Waals surface area contributed by atoms with Crippen molar-refractivity contribution in [1.82, 2.24) is 4.90 Å². The van der Waals surface area contributed by atoms with E-state index in [1.54, 1.807) is 14.2 Å². The molecular formula is C19H23N3O3. The monoisotopic (exact) mass is 341 g/mol. The first-order valence-corrected chi connectivity index (χ1v) is 7.97. The van der Waals surface area contributed by atoms with Crippen LogP contribution >= 0.6 is 0 Å². The van der Waals surface area contributed by atoms with E-state index in [2.05, 4.69) is 10.6 Å². The summed E-state index contributed by atoms with van der Waals surface area (Å²) in [4.78, 5) is 25.6. The number of amides is 2. The van der Waals surface area contributed by atoms with Crippen LogP contribution in [0, 0.1) is 6.92 Å². The fourth-order valence-electron chi connectivity index (χ4n) is 2.24. The molecule has 0 aliphatic rings. The first-order chi connectivity index (χ1) is 12.0. The standard InChI is InChI=1S/C19H23N3O3/c1-14-8-10-15(11-9-14)21-18(23)13-22(2)19(24)12-20-16-6-4-5-7-17(16)25-3/h4-11,20H,12-13H2,1-3H3,(H,21,23). The van der Waals surface area contributed by atoms with E-state index in [1.165, 1.54) is 4.90 Å². The summed E-state index contributed by atoms with van der Waals surface area (Å²) in [5.74, 6) is 0.233. The minimum atomic E-state index is -0.239. The van der Waals surface area contributed by atoms with Gasteiger partial charge in [-0.25, -0.2) is 0 Å². The quantitative estimate of drug-likeness (QED) is 0.812. The zero-order valence-electron chi connectivity index (χ0n) is 14.7. The van der Waals surface area contributed by atoms with Gasteiger partial charge in [0, 0.05) is 12.7 Å². The molecule has 2 N–H and O–H groups in total. The molecule has 0 saturated heterocycles. The highest BCUT2D eigenvalue weighted by molar-refractivity contribution is 5.95. The average Bonchev–Trinajstić information content (AvgIpc) is 2.61. The van der Waals surface area contributed by atoms with Gasteiger partial charge in [-0.1, -0.05) is 29.8 Å². The molecule has 2 aromatic carbocycles. The van der Waals surface area contributed by atoms with Crippen molar-refractivity contribution in [2.45, 2.75) is 6.92 Å². The van der Waals surface area contributed by atoms with Crippen molar-refractivity contribution in [3.63, 3.8) is 0 Å². The Bertz CT molecular complexity index is 729. The minimum Gasteiger partial charge on any atom is -0.495 e. The molecule has 25 heavy (non-hydrogen) atoms. The van der Waals surface area contributed by atoms with Gasteiger partial charge in [0.1, 0.15) is 5.75 Å². The van der Waals surface area contributed by atoms with Gasteiger partial charge in [0.15, 0.2) is 0 Å². The number of anilines is 2. The molecule has 2 aromatic rings.